The predicted molar refractivity (Wildman–Crippen MR) is 127 cm³/mol. The van der Waals surface area contributed by atoms with Crippen LogP contribution in [0.3, 0.4) is 0 Å². The predicted octanol–water partition coefficient (Wildman–Crippen LogP) is 4.19. The molecule has 1 aliphatic heterocycles. The van der Waals surface area contributed by atoms with E-state index in [1.165, 1.54) is 23.6 Å². The summed E-state index contributed by atoms with van der Waals surface area (Å²) in [5.74, 6) is -2.49. The molecule has 0 bridgehead atoms. The SMILES string of the molecule is CC(=O)SC(C(=O)c1ccccc1)[C@@H](C)C(=O)N1C(c2ccc(C)cc2)SC[C@H]1C(=O)O. The first-order valence-corrected chi connectivity index (χ1v) is 12.1. The smallest absolute Gasteiger partial charge is 0.327 e. The van der Waals surface area contributed by atoms with E-state index in [2.05, 4.69) is 0 Å². The minimum atomic E-state index is -1.09. The summed E-state index contributed by atoms with van der Waals surface area (Å²) < 4.78 is 0. The van der Waals surface area contributed by atoms with Crippen LogP contribution < -0.4 is 0 Å². The number of carboxylic acid groups (broad SMARTS) is 1. The lowest BCUT2D eigenvalue weighted by Crippen LogP contribution is -2.48. The molecule has 4 atom stereocenters. The van der Waals surface area contributed by atoms with E-state index >= 15 is 0 Å². The molecule has 1 amide bonds. The number of carbonyl (C=O) groups is 4. The van der Waals surface area contributed by atoms with Crippen molar-refractivity contribution in [1.29, 1.82) is 0 Å². The summed E-state index contributed by atoms with van der Waals surface area (Å²) in [6, 6.07) is 15.1. The summed E-state index contributed by atoms with van der Waals surface area (Å²) in [5, 5.41) is 8.07. The molecule has 0 radical (unpaired) electrons. The number of benzene rings is 2. The van der Waals surface area contributed by atoms with Crippen molar-refractivity contribution in [3.63, 3.8) is 0 Å². The average Bonchev–Trinajstić information content (AvgIpc) is 3.22. The van der Waals surface area contributed by atoms with Crippen LogP contribution in [0.2, 0.25) is 0 Å². The van der Waals surface area contributed by atoms with E-state index < -0.39 is 34.5 Å². The Kier molecular flexibility index (Phi) is 7.79. The second-order valence-electron chi connectivity index (χ2n) is 7.74. The van der Waals surface area contributed by atoms with Gasteiger partial charge in [-0.05, 0) is 12.5 Å². The van der Waals surface area contributed by atoms with Crippen LogP contribution in [-0.4, -0.2) is 49.8 Å². The van der Waals surface area contributed by atoms with Gasteiger partial charge in [0.15, 0.2) is 10.9 Å². The van der Waals surface area contributed by atoms with Gasteiger partial charge < -0.3 is 10.0 Å². The number of nitrogens with zero attached hydrogens (tertiary/aromatic N) is 1. The number of rotatable bonds is 7. The highest BCUT2D eigenvalue weighted by Gasteiger charge is 2.46. The Morgan fingerprint density at radius 1 is 1.06 bits per heavy atom. The van der Waals surface area contributed by atoms with Crippen LogP contribution >= 0.6 is 23.5 Å². The maximum atomic E-state index is 13.6. The molecule has 1 saturated heterocycles. The van der Waals surface area contributed by atoms with Crippen LogP contribution in [-0.2, 0) is 14.4 Å². The van der Waals surface area contributed by atoms with E-state index in [1.54, 1.807) is 37.3 Å². The summed E-state index contributed by atoms with van der Waals surface area (Å²) >= 11 is 2.20. The summed E-state index contributed by atoms with van der Waals surface area (Å²) in [6.07, 6.45) is 0. The zero-order valence-electron chi connectivity index (χ0n) is 18.1. The Bertz CT molecular complexity index is 1010. The molecule has 0 spiro atoms. The number of thioether (sulfide) groups is 2. The first-order valence-electron chi connectivity index (χ1n) is 10.2. The lowest BCUT2D eigenvalue weighted by Gasteiger charge is -2.32. The molecule has 1 fully saturated rings. The van der Waals surface area contributed by atoms with Gasteiger partial charge in [0.2, 0.25) is 5.91 Å². The minimum Gasteiger partial charge on any atom is -0.480 e. The van der Waals surface area contributed by atoms with E-state index in [1.807, 2.05) is 31.2 Å². The molecule has 1 aliphatic rings. The zero-order chi connectivity index (χ0) is 23.4. The van der Waals surface area contributed by atoms with E-state index in [0.717, 1.165) is 22.9 Å². The van der Waals surface area contributed by atoms with Crippen molar-refractivity contribution in [1.82, 2.24) is 4.90 Å². The summed E-state index contributed by atoms with van der Waals surface area (Å²) in [4.78, 5) is 52.0. The Morgan fingerprint density at radius 2 is 1.69 bits per heavy atom. The van der Waals surface area contributed by atoms with Crippen molar-refractivity contribution in [2.24, 2.45) is 5.92 Å². The van der Waals surface area contributed by atoms with Crippen LogP contribution in [0.4, 0.5) is 0 Å². The fourth-order valence-corrected chi connectivity index (χ4v) is 6.00. The topological polar surface area (TPSA) is 91.8 Å². The first kappa shape index (κ1) is 24.1. The molecule has 32 heavy (non-hydrogen) atoms. The van der Waals surface area contributed by atoms with E-state index in [-0.39, 0.29) is 16.7 Å². The van der Waals surface area contributed by atoms with Crippen LogP contribution in [0.1, 0.15) is 40.7 Å². The van der Waals surface area contributed by atoms with Gasteiger partial charge in [0, 0.05) is 18.2 Å². The van der Waals surface area contributed by atoms with Crippen molar-refractivity contribution in [3.05, 3.63) is 71.3 Å². The first-order chi connectivity index (χ1) is 15.2. The monoisotopic (exact) mass is 471 g/mol. The Labute approximate surface area is 195 Å². The van der Waals surface area contributed by atoms with Crippen LogP contribution in [0.25, 0.3) is 0 Å². The highest BCUT2D eigenvalue weighted by Crippen LogP contribution is 2.43. The Balaban J connectivity index is 1.95. The van der Waals surface area contributed by atoms with Gasteiger partial charge in [0.05, 0.1) is 11.2 Å². The average molecular weight is 472 g/mol. The normalized spacial score (nSPS) is 19.9. The standard InChI is InChI=1S/C24H25NO5S2/c1-14-9-11-18(12-10-14)23-25(19(13-31-23)24(29)30)22(28)15(2)21(32-16(3)26)20(27)17-7-5-4-6-8-17/h4-12,15,19,21,23H,13H2,1-3H3,(H,29,30)/t15-,19+,21?,23?/m1/s1. The number of carboxylic acids is 1. The van der Waals surface area contributed by atoms with Gasteiger partial charge in [-0.3, -0.25) is 14.4 Å². The molecule has 0 aliphatic carbocycles. The molecule has 2 aromatic carbocycles. The van der Waals surface area contributed by atoms with E-state index in [9.17, 15) is 24.3 Å². The molecule has 168 valence electrons. The molecule has 1 N–H and O–H groups in total. The van der Waals surface area contributed by atoms with Crippen LogP contribution in [0.5, 0.6) is 0 Å². The molecule has 2 unspecified atom stereocenters. The maximum Gasteiger partial charge on any atom is 0.327 e. The lowest BCUT2D eigenvalue weighted by atomic mass is 9.96. The third-order valence-electron chi connectivity index (χ3n) is 5.36. The summed E-state index contributed by atoms with van der Waals surface area (Å²) in [7, 11) is 0. The number of hydrogen-bond donors (Lipinski definition) is 1. The van der Waals surface area contributed by atoms with Gasteiger partial charge in [-0.1, -0.05) is 78.8 Å². The van der Waals surface area contributed by atoms with Gasteiger partial charge in [-0.15, -0.1) is 11.8 Å². The van der Waals surface area contributed by atoms with Crippen molar-refractivity contribution < 1.29 is 24.3 Å². The molecular weight excluding hydrogens is 446 g/mol. The fraction of sp³-hybridized carbons (Fsp3) is 0.333. The third kappa shape index (κ3) is 5.24. The summed E-state index contributed by atoms with van der Waals surface area (Å²) in [5.41, 5.74) is 2.30. The second-order valence-corrected chi connectivity index (χ2v) is 10.2. The lowest BCUT2D eigenvalue weighted by molar-refractivity contribution is -0.150. The number of aliphatic carboxylic acids is 1. The third-order valence-corrected chi connectivity index (χ3v) is 7.89. The maximum absolute atomic E-state index is 13.6. The van der Waals surface area contributed by atoms with Gasteiger partial charge in [-0.2, -0.15) is 0 Å². The molecule has 2 aromatic rings. The molecular formula is C24H25NO5S2. The van der Waals surface area contributed by atoms with Crippen molar-refractivity contribution in [2.45, 2.75) is 37.4 Å². The molecule has 3 rings (SSSR count). The second kappa shape index (κ2) is 10.4. The quantitative estimate of drug-likeness (QED) is 0.606. The van der Waals surface area contributed by atoms with E-state index in [0.29, 0.717) is 5.56 Å². The number of aryl methyl sites for hydroxylation is 1. The van der Waals surface area contributed by atoms with Gasteiger partial charge in [0.1, 0.15) is 11.4 Å². The molecule has 8 heteroatoms. The molecule has 1 heterocycles. The largest absolute Gasteiger partial charge is 0.480 e. The highest BCUT2D eigenvalue weighted by molar-refractivity contribution is 8.14. The highest BCUT2D eigenvalue weighted by atomic mass is 32.2. The van der Waals surface area contributed by atoms with Gasteiger partial charge in [0.25, 0.3) is 0 Å². The van der Waals surface area contributed by atoms with Crippen LogP contribution in [0, 0.1) is 12.8 Å². The fourth-order valence-electron chi connectivity index (χ4n) is 3.65. The Morgan fingerprint density at radius 3 is 2.25 bits per heavy atom. The van der Waals surface area contributed by atoms with Gasteiger partial charge in [-0.25, -0.2) is 4.79 Å². The zero-order valence-corrected chi connectivity index (χ0v) is 19.7. The van der Waals surface area contributed by atoms with Crippen molar-refractivity contribution >= 4 is 46.3 Å². The van der Waals surface area contributed by atoms with E-state index in [4.69, 9.17) is 0 Å². The number of Topliss-reactive ketones (excluding diaryl/α,β-unsaturated/α-hetero) is 1. The Hall–Kier alpha value is -2.58. The molecule has 0 saturated carbocycles. The number of hydrogen-bond acceptors (Lipinski definition) is 6. The van der Waals surface area contributed by atoms with Crippen molar-refractivity contribution in [3.8, 4) is 0 Å². The summed E-state index contributed by atoms with van der Waals surface area (Å²) in [6.45, 7) is 4.90. The number of carbonyl (C=O) groups excluding carboxylic acids is 3. The number of ketones is 1. The van der Waals surface area contributed by atoms with Crippen molar-refractivity contribution in [2.75, 3.05) is 5.75 Å². The van der Waals surface area contributed by atoms with Crippen LogP contribution in [0.15, 0.2) is 54.6 Å². The number of amides is 1. The molecule has 0 aromatic heterocycles. The minimum absolute atomic E-state index is 0.253. The molecule has 6 nitrogen and oxygen atoms in total. The van der Waals surface area contributed by atoms with Gasteiger partial charge >= 0.3 is 5.97 Å².